The van der Waals surface area contributed by atoms with Gasteiger partial charge in [-0.05, 0) is 19.4 Å². The van der Waals surface area contributed by atoms with Crippen LogP contribution in [0.25, 0.3) is 0 Å². The molecule has 0 radical (unpaired) electrons. The molecule has 1 aromatic carbocycles. The molecule has 0 spiro atoms. The number of hydrogen-bond acceptors (Lipinski definition) is 3. The third-order valence-electron chi connectivity index (χ3n) is 2.15. The van der Waals surface area contributed by atoms with Gasteiger partial charge in [-0.25, -0.2) is 0 Å². The molecule has 4 N–H and O–H groups in total. The van der Waals surface area contributed by atoms with E-state index in [-0.39, 0.29) is 18.2 Å². The van der Waals surface area contributed by atoms with E-state index in [1.807, 2.05) is 6.07 Å². The van der Waals surface area contributed by atoms with Crippen molar-refractivity contribution in [1.29, 1.82) is 0 Å². The van der Waals surface area contributed by atoms with E-state index < -0.39 is 12.1 Å². The zero-order valence-electron chi connectivity index (χ0n) is 8.27. The van der Waals surface area contributed by atoms with Gasteiger partial charge in [0.1, 0.15) is 5.75 Å². The van der Waals surface area contributed by atoms with Crippen LogP contribution in [0.2, 0.25) is 0 Å². The average molecular weight is 218 g/mol. The Labute approximate surface area is 90.0 Å². The van der Waals surface area contributed by atoms with Crippen molar-refractivity contribution in [2.75, 3.05) is 0 Å². The summed E-state index contributed by atoms with van der Waals surface area (Å²) in [5, 5.41) is 18.9. The van der Waals surface area contributed by atoms with Crippen LogP contribution < -0.4 is 5.73 Å². The van der Waals surface area contributed by atoms with Crippen LogP contribution in [-0.4, -0.2) is 16.3 Å². The van der Waals surface area contributed by atoms with E-state index in [1.54, 1.807) is 26.0 Å². The van der Waals surface area contributed by atoms with Crippen molar-refractivity contribution in [1.82, 2.24) is 0 Å². The predicted octanol–water partition coefficient (Wildman–Crippen LogP) is 1.50. The summed E-state index contributed by atoms with van der Waals surface area (Å²) in [7, 11) is 0. The fourth-order valence-electron chi connectivity index (χ4n) is 1.21. The molecule has 0 aliphatic heterocycles. The number of aliphatic hydroxyl groups is 1. The molecule has 0 fully saturated rings. The Morgan fingerprint density at radius 2 is 1.93 bits per heavy atom. The van der Waals surface area contributed by atoms with Crippen LogP contribution in [0.4, 0.5) is 0 Å². The van der Waals surface area contributed by atoms with Crippen molar-refractivity contribution in [3.8, 4) is 5.75 Å². The molecule has 0 unspecified atom stereocenters. The van der Waals surface area contributed by atoms with Gasteiger partial charge in [-0.1, -0.05) is 18.2 Å². The lowest BCUT2D eigenvalue weighted by Crippen LogP contribution is -2.23. The van der Waals surface area contributed by atoms with Crippen molar-refractivity contribution in [3.05, 3.63) is 29.3 Å². The lowest BCUT2D eigenvalue weighted by Gasteiger charge is -2.17. The number of aliphatic hydroxyl groups excluding tert-OH is 1. The maximum atomic E-state index is 9.63. The molecule has 1 aromatic rings. The molecule has 0 bridgehead atoms. The number of benzene rings is 1. The Hall–Kier alpha value is -0.770. The SMILES string of the molecule is Cc1cccc([C@@H](N)[C@H](C)O)c1O.Cl. The molecule has 0 aromatic heterocycles. The van der Waals surface area contributed by atoms with Crippen LogP contribution in [0, 0.1) is 6.92 Å². The van der Waals surface area contributed by atoms with Crippen molar-refractivity contribution >= 4 is 12.4 Å². The van der Waals surface area contributed by atoms with Gasteiger partial charge in [0.25, 0.3) is 0 Å². The lowest BCUT2D eigenvalue weighted by atomic mass is 10.00. The van der Waals surface area contributed by atoms with E-state index in [2.05, 4.69) is 0 Å². The maximum Gasteiger partial charge on any atom is 0.123 e. The molecule has 0 aliphatic rings. The molecule has 14 heavy (non-hydrogen) atoms. The fourth-order valence-corrected chi connectivity index (χ4v) is 1.21. The number of phenols is 1. The fraction of sp³-hybridized carbons (Fsp3) is 0.400. The topological polar surface area (TPSA) is 66.5 Å². The van der Waals surface area contributed by atoms with Crippen LogP contribution in [0.1, 0.15) is 24.1 Å². The summed E-state index contributed by atoms with van der Waals surface area (Å²) in [6.45, 7) is 3.40. The van der Waals surface area contributed by atoms with E-state index in [0.717, 1.165) is 5.56 Å². The van der Waals surface area contributed by atoms with Gasteiger partial charge in [0.15, 0.2) is 0 Å². The Balaban J connectivity index is 0.00000169. The molecule has 0 heterocycles. The summed E-state index contributed by atoms with van der Waals surface area (Å²) >= 11 is 0. The van der Waals surface area contributed by atoms with Gasteiger partial charge in [0.2, 0.25) is 0 Å². The van der Waals surface area contributed by atoms with Crippen LogP contribution in [0.5, 0.6) is 5.75 Å². The molecule has 0 saturated carbocycles. The van der Waals surface area contributed by atoms with Gasteiger partial charge in [-0.3, -0.25) is 0 Å². The molecule has 0 aliphatic carbocycles. The third-order valence-corrected chi connectivity index (χ3v) is 2.15. The highest BCUT2D eigenvalue weighted by Crippen LogP contribution is 2.27. The normalized spacial score (nSPS) is 14.3. The van der Waals surface area contributed by atoms with Crippen molar-refractivity contribution in [2.24, 2.45) is 5.73 Å². The van der Waals surface area contributed by atoms with Gasteiger partial charge in [-0.15, -0.1) is 12.4 Å². The summed E-state index contributed by atoms with van der Waals surface area (Å²) in [5.74, 6) is 0.177. The van der Waals surface area contributed by atoms with Gasteiger partial charge < -0.3 is 15.9 Å². The molecule has 2 atom stereocenters. The second kappa shape index (κ2) is 5.20. The molecule has 0 saturated heterocycles. The largest absolute Gasteiger partial charge is 0.507 e. The summed E-state index contributed by atoms with van der Waals surface area (Å²) in [6.07, 6.45) is -0.660. The number of hydrogen-bond donors (Lipinski definition) is 3. The van der Waals surface area contributed by atoms with Crippen LogP contribution in [0.15, 0.2) is 18.2 Å². The van der Waals surface area contributed by atoms with E-state index in [1.165, 1.54) is 0 Å². The first-order valence-corrected chi connectivity index (χ1v) is 4.26. The summed E-state index contributed by atoms with van der Waals surface area (Å²) in [5.41, 5.74) is 7.06. The number of phenolic OH excluding ortho intramolecular Hbond substituents is 1. The number of para-hydroxylation sites is 1. The highest BCUT2D eigenvalue weighted by Gasteiger charge is 2.16. The molecule has 4 heteroatoms. The first kappa shape index (κ1) is 13.2. The number of rotatable bonds is 2. The van der Waals surface area contributed by atoms with E-state index in [4.69, 9.17) is 5.73 Å². The van der Waals surface area contributed by atoms with E-state index in [0.29, 0.717) is 5.56 Å². The van der Waals surface area contributed by atoms with E-state index in [9.17, 15) is 10.2 Å². The predicted molar refractivity (Wildman–Crippen MR) is 58.7 cm³/mol. The van der Waals surface area contributed by atoms with Crippen molar-refractivity contribution in [3.63, 3.8) is 0 Å². The third kappa shape index (κ3) is 2.61. The van der Waals surface area contributed by atoms with Crippen LogP contribution in [0.3, 0.4) is 0 Å². The molecule has 1 rings (SSSR count). The van der Waals surface area contributed by atoms with E-state index >= 15 is 0 Å². The highest BCUT2D eigenvalue weighted by atomic mass is 35.5. The van der Waals surface area contributed by atoms with Crippen LogP contribution in [-0.2, 0) is 0 Å². The highest BCUT2D eigenvalue weighted by molar-refractivity contribution is 5.85. The molecule has 0 amide bonds. The maximum absolute atomic E-state index is 9.63. The Bertz CT molecular complexity index is 302. The summed E-state index contributed by atoms with van der Waals surface area (Å²) < 4.78 is 0. The standard InChI is InChI=1S/C10H15NO2.ClH/c1-6-4-3-5-8(10(6)13)9(11)7(2)12;/h3-5,7,9,12-13H,11H2,1-2H3;1H/t7-,9-;/m0./s1. The second-order valence-corrected chi connectivity index (χ2v) is 3.28. The lowest BCUT2D eigenvalue weighted by molar-refractivity contribution is 0.163. The second-order valence-electron chi connectivity index (χ2n) is 3.28. The Morgan fingerprint density at radius 3 is 2.43 bits per heavy atom. The summed E-state index contributed by atoms with van der Waals surface area (Å²) in [4.78, 5) is 0. The van der Waals surface area contributed by atoms with Crippen molar-refractivity contribution < 1.29 is 10.2 Å². The number of aryl methyl sites for hydroxylation is 1. The Morgan fingerprint density at radius 1 is 1.36 bits per heavy atom. The van der Waals surface area contributed by atoms with Gasteiger partial charge in [0.05, 0.1) is 12.1 Å². The van der Waals surface area contributed by atoms with Crippen molar-refractivity contribution in [2.45, 2.75) is 26.0 Å². The minimum Gasteiger partial charge on any atom is -0.507 e. The molecule has 80 valence electrons. The zero-order valence-corrected chi connectivity index (χ0v) is 9.08. The number of aromatic hydroxyl groups is 1. The monoisotopic (exact) mass is 217 g/mol. The Kier molecular flexibility index (Phi) is 4.91. The quantitative estimate of drug-likeness (QED) is 0.704. The molecular weight excluding hydrogens is 202 g/mol. The van der Waals surface area contributed by atoms with Gasteiger partial charge >= 0.3 is 0 Å². The van der Waals surface area contributed by atoms with Crippen LogP contribution >= 0.6 is 12.4 Å². The zero-order chi connectivity index (χ0) is 10.0. The number of halogens is 1. The molecular formula is C10H16ClNO2. The minimum absolute atomic E-state index is 0. The first-order chi connectivity index (χ1) is 6.04. The minimum atomic E-state index is -0.660. The average Bonchev–Trinajstić information content (AvgIpc) is 2.08. The smallest absolute Gasteiger partial charge is 0.123 e. The summed E-state index contributed by atoms with van der Waals surface area (Å²) in [6, 6.07) is 4.81. The first-order valence-electron chi connectivity index (χ1n) is 4.26. The van der Waals surface area contributed by atoms with Gasteiger partial charge in [-0.2, -0.15) is 0 Å². The number of nitrogens with two attached hydrogens (primary N) is 1. The molecule has 3 nitrogen and oxygen atoms in total. The van der Waals surface area contributed by atoms with Gasteiger partial charge in [0, 0.05) is 5.56 Å².